The maximum Gasteiger partial charge on any atom is 0.233 e. The van der Waals surface area contributed by atoms with Gasteiger partial charge in [-0.1, -0.05) is 32.9 Å². The van der Waals surface area contributed by atoms with Gasteiger partial charge < -0.3 is 9.64 Å². The number of pyridine rings is 1. The highest BCUT2D eigenvalue weighted by atomic mass is 32.2. The summed E-state index contributed by atoms with van der Waals surface area (Å²) in [5, 5.41) is 0. The summed E-state index contributed by atoms with van der Waals surface area (Å²) < 4.78 is 5.43. The Labute approximate surface area is 191 Å². The Morgan fingerprint density at radius 2 is 1.77 bits per heavy atom. The summed E-state index contributed by atoms with van der Waals surface area (Å²) in [7, 11) is 0. The predicted octanol–water partition coefficient (Wildman–Crippen LogP) is 4.22. The molecular formula is C25H35N3O2S. The molecule has 1 fully saturated rings. The second-order valence-electron chi connectivity index (χ2n) is 9.04. The van der Waals surface area contributed by atoms with Gasteiger partial charge in [0.25, 0.3) is 0 Å². The lowest BCUT2D eigenvalue weighted by atomic mass is 9.87. The highest BCUT2D eigenvalue weighted by Crippen LogP contribution is 2.26. The summed E-state index contributed by atoms with van der Waals surface area (Å²) in [5.41, 5.74) is 2.57. The van der Waals surface area contributed by atoms with Crippen molar-refractivity contribution in [3.63, 3.8) is 0 Å². The van der Waals surface area contributed by atoms with Crippen LogP contribution < -0.4 is 0 Å². The van der Waals surface area contributed by atoms with E-state index in [1.165, 1.54) is 5.56 Å². The Morgan fingerprint density at radius 3 is 2.42 bits per heavy atom. The highest BCUT2D eigenvalue weighted by Gasteiger charge is 2.17. The number of carbonyl (C=O) groups is 1. The number of aromatic nitrogens is 1. The molecule has 5 nitrogen and oxygen atoms in total. The van der Waals surface area contributed by atoms with Gasteiger partial charge in [0.1, 0.15) is 0 Å². The fourth-order valence-electron chi connectivity index (χ4n) is 3.60. The van der Waals surface area contributed by atoms with Crippen LogP contribution in [0.3, 0.4) is 0 Å². The van der Waals surface area contributed by atoms with E-state index in [9.17, 15) is 4.79 Å². The van der Waals surface area contributed by atoms with Gasteiger partial charge in [0.05, 0.1) is 19.0 Å². The summed E-state index contributed by atoms with van der Waals surface area (Å²) in [6.07, 6.45) is 4.55. The second kappa shape index (κ2) is 11.7. The zero-order valence-corrected chi connectivity index (χ0v) is 19.9. The van der Waals surface area contributed by atoms with Crippen molar-refractivity contribution >= 4 is 17.7 Å². The minimum absolute atomic E-state index is 0.140. The lowest BCUT2D eigenvalue weighted by Crippen LogP contribution is -2.39. The van der Waals surface area contributed by atoms with Crippen LogP contribution in [0, 0.1) is 0 Å². The molecule has 1 aliphatic heterocycles. The Hall–Kier alpha value is -1.89. The molecule has 1 amide bonds. The molecule has 1 saturated heterocycles. The molecule has 1 aliphatic rings. The molecule has 0 bridgehead atoms. The Balaban J connectivity index is 1.55. The molecule has 0 atom stereocenters. The molecule has 2 aromatic rings. The molecule has 6 heteroatoms. The van der Waals surface area contributed by atoms with E-state index < -0.39 is 0 Å². The maximum atomic E-state index is 13.1. The molecule has 1 aromatic heterocycles. The van der Waals surface area contributed by atoms with E-state index in [0.29, 0.717) is 12.3 Å². The van der Waals surface area contributed by atoms with Crippen LogP contribution in [0.2, 0.25) is 0 Å². The predicted molar refractivity (Wildman–Crippen MR) is 127 cm³/mol. The summed E-state index contributed by atoms with van der Waals surface area (Å²) in [5.74, 6) is 0.640. The topological polar surface area (TPSA) is 45.7 Å². The number of ether oxygens (including phenoxy) is 1. The van der Waals surface area contributed by atoms with Crippen LogP contribution in [-0.2, 0) is 21.5 Å². The smallest absolute Gasteiger partial charge is 0.233 e. The number of nitrogens with zero attached hydrogens (tertiary/aromatic N) is 3. The zero-order valence-electron chi connectivity index (χ0n) is 19.0. The summed E-state index contributed by atoms with van der Waals surface area (Å²) in [4.78, 5) is 22.7. The number of rotatable bonds is 9. The Morgan fingerprint density at radius 1 is 1.10 bits per heavy atom. The SMILES string of the molecule is CC(C)(C)c1ccc(SCC(=O)N(CCCN2CCOCC2)Cc2ccncc2)cc1. The van der Waals surface area contributed by atoms with Gasteiger partial charge in [-0.25, -0.2) is 0 Å². The average Bonchev–Trinajstić information content (AvgIpc) is 2.78. The third-order valence-electron chi connectivity index (χ3n) is 5.56. The van der Waals surface area contributed by atoms with Gasteiger partial charge in [-0.15, -0.1) is 11.8 Å². The standard InChI is InChI=1S/C25H35N3O2S/c1-25(2,3)22-5-7-23(8-6-22)31-20-24(29)28(19-21-9-11-26-12-10-21)14-4-13-27-15-17-30-18-16-27/h5-12H,4,13-20H2,1-3H3. The van der Waals surface area contributed by atoms with E-state index >= 15 is 0 Å². The van der Waals surface area contributed by atoms with Crippen molar-refractivity contribution in [1.29, 1.82) is 0 Å². The quantitative estimate of drug-likeness (QED) is 0.545. The maximum absolute atomic E-state index is 13.1. The fourth-order valence-corrected chi connectivity index (χ4v) is 4.40. The third kappa shape index (κ3) is 7.95. The minimum Gasteiger partial charge on any atom is -0.379 e. The number of hydrogen-bond donors (Lipinski definition) is 0. The molecule has 0 radical (unpaired) electrons. The lowest BCUT2D eigenvalue weighted by Gasteiger charge is -2.28. The highest BCUT2D eigenvalue weighted by molar-refractivity contribution is 8.00. The summed E-state index contributed by atoms with van der Waals surface area (Å²) >= 11 is 1.62. The van der Waals surface area contributed by atoms with Gasteiger partial charge in [-0.2, -0.15) is 0 Å². The van der Waals surface area contributed by atoms with E-state index in [-0.39, 0.29) is 11.3 Å². The molecule has 1 aromatic carbocycles. The van der Waals surface area contributed by atoms with Gasteiger partial charge >= 0.3 is 0 Å². The van der Waals surface area contributed by atoms with Gasteiger partial charge in [0, 0.05) is 50.0 Å². The number of hydrogen-bond acceptors (Lipinski definition) is 5. The first-order chi connectivity index (χ1) is 14.9. The van der Waals surface area contributed by atoms with Crippen LogP contribution >= 0.6 is 11.8 Å². The minimum atomic E-state index is 0.140. The van der Waals surface area contributed by atoms with Gasteiger partial charge in [-0.3, -0.25) is 14.7 Å². The van der Waals surface area contributed by atoms with Gasteiger partial charge in [0.15, 0.2) is 0 Å². The molecule has 0 N–H and O–H groups in total. The Bertz CT molecular complexity index is 800. The van der Waals surface area contributed by atoms with Crippen molar-refractivity contribution in [2.24, 2.45) is 0 Å². The number of morpholine rings is 1. The fraction of sp³-hybridized carbons (Fsp3) is 0.520. The molecule has 31 heavy (non-hydrogen) atoms. The molecule has 2 heterocycles. The Kier molecular flexibility index (Phi) is 8.93. The van der Waals surface area contributed by atoms with Crippen LogP contribution in [0.5, 0.6) is 0 Å². The number of benzene rings is 1. The molecule has 168 valence electrons. The summed E-state index contributed by atoms with van der Waals surface area (Å²) in [6.45, 7) is 12.6. The van der Waals surface area contributed by atoms with Gasteiger partial charge in [0.2, 0.25) is 5.91 Å². The average molecular weight is 442 g/mol. The van der Waals surface area contributed by atoms with Crippen molar-refractivity contribution in [1.82, 2.24) is 14.8 Å². The van der Waals surface area contributed by atoms with E-state index in [0.717, 1.165) is 56.3 Å². The van der Waals surface area contributed by atoms with Crippen LogP contribution in [0.4, 0.5) is 0 Å². The molecule has 0 aliphatic carbocycles. The first kappa shape index (κ1) is 23.8. The third-order valence-corrected chi connectivity index (χ3v) is 6.56. The molecule has 0 unspecified atom stereocenters. The van der Waals surface area contributed by atoms with E-state index in [1.807, 2.05) is 17.0 Å². The second-order valence-corrected chi connectivity index (χ2v) is 10.1. The number of thioether (sulfide) groups is 1. The monoisotopic (exact) mass is 441 g/mol. The van der Waals surface area contributed by atoms with Crippen LogP contribution in [0.1, 0.15) is 38.3 Å². The van der Waals surface area contributed by atoms with Crippen molar-refractivity contribution in [3.05, 3.63) is 59.9 Å². The lowest BCUT2D eigenvalue weighted by molar-refractivity contribution is -0.129. The van der Waals surface area contributed by atoms with Crippen molar-refractivity contribution < 1.29 is 9.53 Å². The summed E-state index contributed by atoms with van der Waals surface area (Å²) in [6, 6.07) is 12.6. The van der Waals surface area contributed by atoms with Crippen LogP contribution in [0.25, 0.3) is 0 Å². The molecule has 0 spiro atoms. The molecule has 0 saturated carbocycles. The van der Waals surface area contributed by atoms with Crippen LogP contribution in [-0.4, -0.2) is 65.8 Å². The van der Waals surface area contributed by atoms with Crippen molar-refractivity contribution in [3.8, 4) is 0 Å². The first-order valence-corrected chi connectivity index (χ1v) is 12.1. The van der Waals surface area contributed by atoms with Crippen molar-refractivity contribution in [2.45, 2.75) is 44.0 Å². The van der Waals surface area contributed by atoms with Crippen LogP contribution in [0.15, 0.2) is 53.7 Å². The first-order valence-electron chi connectivity index (χ1n) is 11.1. The molecule has 3 rings (SSSR count). The van der Waals surface area contributed by atoms with Crippen molar-refractivity contribution in [2.75, 3.05) is 45.1 Å². The van der Waals surface area contributed by atoms with E-state index in [1.54, 1.807) is 24.2 Å². The largest absolute Gasteiger partial charge is 0.379 e. The number of amides is 1. The zero-order chi connectivity index (χ0) is 22.1. The molecular weight excluding hydrogens is 406 g/mol. The van der Waals surface area contributed by atoms with E-state index in [2.05, 4.69) is 54.9 Å². The normalized spacial score (nSPS) is 15.1. The number of carbonyl (C=O) groups excluding carboxylic acids is 1. The van der Waals surface area contributed by atoms with E-state index in [4.69, 9.17) is 4.74 Å². The van der Waals surface area contributed by atoms with Gasteiger partial charge in [-0.05, 0) is 47.2 Å².